The predicted octanol–water partition coefficient (Wildman–Crippen LogP) is 0.565. The van der Waals surface area contributed by atoms with Crippen molar-refractivity contribution in [1.29, 1.82) is 0 Å². The molecule has 0 aromatic heterocycles. The van der Waals surface area contributed by atoms with E-state index in [4.69, 9.17) is 10.9 Å². The molecule has 0 spiro atoms. The zero-order chi connectivity index (χ0) is 8.55. The lowest BCUT2D eigenvalue weighted by molar-refractivity contribution is 0.104. The van der Waals surface area contributed by atoms with E-state index in [0.29, 0.717) is 12.0 Å². The Labute approximate surface area is 72.0 Å². The summed E-state index contributed by atoms with van der Waals surface area (Å²) in [5.74, 6) is 1.07. The number of oxime groups is 1. The van der Waals surface area contributed by atoms with E-state index >= 15 is 0 Å². The van der Waals surface area contributed by atoms with Gasteiger partial charge in [0.2, 0.25) is 5.96 Å². The second-order valence-electron chi connectivity index (χ2n) is 3.79. The molecule has 3 rings (SSSR count). The fraction of sp³-hybridized carbons (Fsp3) is 0.875. The van der Waals surface area contributed by atoms with Crippen LogP contribution in [0.5, 0.6) is 0 Å². The molecule has 0 unspecified atom stereocenters. The first kappa shape index (κ1) is 7.71. The second kappa shape index (κ2) is 2.84. The minimum Gasteiger partial charge on any atom is -0.408 e. The van der Waals surface area contributed by atoms with Gasteiger partial charge < -0.3 is 15.8 Å². The lowest BCUT2D eigenvalue weighted by Crippen LogP contribution is -2.53. The smallest absolute Gasteiger partial charge is 0.233 e. The standard InChI is InChI=1S/C8H15N3O/c9-8(10-12)11-5-6-1-3-7(11)4-2-6/h6-7,12H,1-5H2,(H2,9,10). The monoisotopic (exact) mass is 169 g/mol. The van der Waals surface area contributed by atoms with E-state index in [1.807, 2.05) is 4.90 Å². The highest BCUT2D eigenvalue weighted by Crippen LogP contribution is 2.34. The van der Waals surface area contributed by atoms with Crippen molar-refractivity contribution in [2.45, 2.75) is 31.7 Å². The van der Waals surface area contributed by atoms with Crippen molar-refractivity contribution in [3.05, 3.63) is 0 Å². The topological polar surface area (TPSA) is 61.9 Å². The van der Waals surface area contributed by atoms with Crippen molar-refractivity contribution in [2.24, 2.45) is 16.8 Å². The molecule has 2 aliphatic heterocycles. The van der Waals surface area contributed by atoms with Crippen molar-refractivity contribution in [3.8, 4) is 0 Å². The summed E-state index contributed by atoms with van der Waals surface area (Å²) in [6.07, 6.45) is 5.06. The first-order valence-electron chi connectivity index (χ1n) is 4.55. The third-order valence-electron chi connectivity index (χ3n) is 3.11. The normalized spacial score (nSPS) is 35.7. The SMILES string of the molecule is N/C(=N\O)N1CC2CCC1CC2. The summed E-state index contributed by atoms with van der Waals surface area (Å²) in [5, 5.41) is 11.6. The van der Waals surface area contributed by atoms with Crippen LogP contribution in [0.4, 0.5) is 0 Å². The highest BCUT2D eigenvalue weighted by Gasteiger charge is 2.34. The molecule has 0 amide bonds. The maximum Gasteiger partial charge on any atom is 0.233 e. The summed E-state index contributed by atoms with van der Waals surface area (Å²) >= 11 is 0. The molecule has 12 heavy (non-hydrogen) atoms. The van der Waals surface area contributed by atoms with E-state index < -0.39 is 0 Å². The Bertz CT molecular complexity index is 196. The molecule has 4 nitrogen and oxygen atoms in total. The number of rotatable bonds is 0. The van der Waals surface area contributed by atoms with Gasteiger partial charge in [-0.1, -0.05) is 5.16 Å². The second-order valence-corrected chi connectivity index (χ2v) is 3.79. The summed E-state index contributed by atoms with van der Waals surface area (Å²) in [5.41, 5.74) is 5.56. The molecule has 0 radical (unpaired) electrons. The van der Waals surface area contributed by atoms with Crippen molar-refractivity contribution in [1.82, 2.24) is 4.90 Å². The van der Waals surface area contributed by atoms with Crippen LogP contribution in [0, 0.1) is 5.92 Å². The van der Waals surface area contributed by atoms with Gasteiger partial charge in [-0.15, -0.1) is 0 Å². The van der Waals surface area contributed by atoms with E-state index in [0.717, 1.165) is 12.5 Å². The first-order chi connectivity index (χ1) is 5.81. The molecular formula is C8H15N3O. The van der Waals surface area contributed by atoms with Gasteiger partial charge in [0, 0.05) is 12.6 Å². The number of nitrogens with zero attached hydrogens (tertiary/aromatic N) is 2. The van der Waals surface area contributed by atoms with Crippen molar-refractivity contribution < 1.29 is 5.21 Å². The van der Waals surface area contributed by atoms with Crippen LogP contribution in [0.2, 0.25) is 0 Å². The summed E-state index contributed by atoms with van der Waals surface area (Å²) < 4.78 is 0. The fourth-order valence-corrected chi connectivity index (χ4v) is 2.40. The highest BCUT2D eigenvalue weighted by atomic mass is 16.4. The van der Waals surface area contributed by atoms with Crippen LogP contribution in [0.25, 0.3) is 0 Å². The molecule has 3 N–H and O–H groups in total. The molecule has 0 atom stereocenters. The van der Waals surface area contributed by atoms with Gasteiger partial charge in [0.25, 0.3) is 0 Å². The third-order valence-corrected chi connectivity index (χ3v) is 3.11. The number of fused-ring (bicyclic) bond motifs is 3. The minimum absolute atomic E-state index is 0.296. The fourth-order valence-electron chi connectivity index (χ4n) is 2.40. The van der Waals surface area contributed by atoms with Gasteiger partial charge in [-0.05, 0) is 31.6 Å². The Morgan fingerprint density at radius 1 is 1.33 bits per heavy atom. The number of piperidine rings is 2. The van der Waals surface area contributed by atoms with Crippen molar-refractivity contribution in [3.63, 3.8) is 0 Å². The van der Waals surface area contributed by atoms with E-state index in [1.54, 1.807) is 0 Å². The summed E-state index contributed by atoms with van der Waals surface area (Å²) in [6.45, 7) is 0.987. The van der Waals surface area contributed by atoms with Crippen LogP contribution in [-0.2, 0) is 0 Å². The molecule has 0 aromatic rings. The van der Waals surface area contributed by atoms with Crippen LogP contribution in [-0.4, -0.2) is 28.7 Å². The third kappa shape index (κ3) is 1.11. The molecule has 3 fully saturated rings. The zero-order valence-corrected chi connectivity index (χ0v) is 7.11. The first-order valence-corrected chi connectivity index (χ1v) is 4.55. The summed E-state index contributed by atoms with van der Waals surface area (Å²) in [7, 11) is 0. The van der Waals surface area contributed by atoms with Gasteiger partial charge >= 0.3 is 0 Å². The molecule has 1 aliphatic carbocycles. The Hall–Kier alpha value is -0.930. The Kier molecular flexibility index (Phi) is 1.83. The molecule has 1 saturated carbocycles. The van der Waals surface area contributed by atoms with Gasteiger partial charge in [0.1, 0.15) is 0 Å². The lowest BCUT2D eigenvalue weighted by Gasteiger charge is -2.45. The Balaban J connectivity index is 2.08. The molecule has 3 aliphatic rings. The molecule has 0 aromatic carbocycles. The van der Waals surface area contributed by atoms with Gasteiger partial charge in [0.15, 0.2) is 0 Å². The van der Waals surface area contributed by atoms with E-state index in [1.165, 1.54) is 25.7 Å². The maximum atomic E-state index is 8.54. The van der Waals surface area contributed by atoms with Gasteiger partial charge in [-0.25, -0.2) is 0 Å². The van der Waals surface area contributed by atoms with E-state index in [-0.39, 0.29) is 0 Å². The lowest BCUT2D eigenvalue weighted by atomic mass is 9.80. The quantitative estimate of drug-likeness (QED) is 0.241. The van der Waals surface area contributed by atoms with Gasteiger partial charge in [-0.2, -0.15) is 0 Å². The maximum absolute atomic E-state index is 8.54. The highest BCUT2D eigenvalue weighted by molar-refractivity contribution is 5.77. The predicted molar refractivity (Wildman–Crippen MR) is 45.9 cm³/mol. The average Bonchev–Trinajstić information content (AvgIpc) is 2.18. The van der Waals surface area contributed by atoms with E-state index in [9.17, 15) is 0 Å². The number of nitrogens with two attached hydrogens (primary N) is 1. The van der Waals surface area contributed by atoms with Crippen LogP contribution < -0.4 is 5.73 Å². The van der Waals surface area contributed by atoms with Crippen LogP contribution in [0.15, 0.2) is 5.16 Å². The van der Waals surface area contributed by atoms with Crippen molar-refractivity contribution >= 4 is 5.96 Å². The number of guanidine groups is 1. The molecule has 2 saturated heterocycles. The average molecular weight is 169 g/mol. The van der Waals surface area contributed by atoms with Crippen LogP contribution >= 0.6 is 0 Å². The molecular weight excluding hydrogens is 154 g/mol. The Morgan fingerprint density at radius 3 is 2.42 bits per heavy atom. The van der Waals surface area contributed by atoms with Crippen LogP contribution in [0.1, 0.15) is 25.7 Å². The van der Waals surface area contributed by atoms with E-state index in [2.05, 4.69) is 5.16 Å². The molecule has 2 heterocycles. The zero-order valence-electron chi connectivity index (χ0n) is 7.11. The van der Waals surface area contributed by atoms with Gasteiger partial charge in [0.05, 0.1) is 0 Å². The van der Waals surface area contributed by atoms with Crippen LogP contribution in [0.3, 0.4) is 0 Å². The molecule has 4 heteroatoms. The molecule has 2 bridgehead atoms. The van der Waals surface area contributed by atoms with Gasteiger partial charge in [-0.3, -0.25) is 0 Å². The number of hydrogen-bond acceptors (Lipinski definition) is 2. The number of hydrogen-bond donors (Lipinski definition) is 2. The Morgan fingerprint density at radius 2 is 2.00 bits per heavy atom. The largest absolute Gasteiger partial charge is 0.408 e. The minimum atomic E-state index is 0.296. The molecule has 68 valence electrons. The summed E-state index contributed by atoms with van der Waals surface area (Å²) in [6, 6.07) is 0.533. The van der Waals surface area contributed by atoms with Crippen molar-refractivity contribution in [2.75, 3.05) is 6.54 Å². The summed E-state index contributed by atoms with van der Waals surface area (Å²) in [4.78, 5) is 2.04.